The van der Waals surface area contributed by atoms with Crippen molar-refractivity contribution in [3.63, 3.8) is 0 Å². The van der Waals surface area contributed by atoms with Gasteiger partial charge in [0.2, 0.25) is 0 Å². The molecule has 1 aliphatic rings. The number of amides is 1. The van der Waals surface area contributed by atoms with Crippen molar-refractivity contribution in [3.8, 4) is 11.1 Å². The minimum Gasteiger partial charge on any atom is -0.444 e. The van der Waals surface area contributed by atoms with Gasteiger partial charge >= 0.3 is 6.09 Å². The molecule has 4 heterocycles. The van der Waals surface area contributed by atoms with E-state index in [2.05, 4.69) is 20.0 Å². The highest BCUT2D eigenvalue weighted by molar-refractivity contribution is 5.80. The van der Waals surface area contributed by atoms with Gasteiger partial charge in [-0.3, -0.25) is 19.4 Å². The maximum atomic E-state index is 12.6. The summed E-state index contributed by atoms with van der Waals surface area (Å²) < 4.78 is 7.12. The zero-order valence-corrected chi connectivity index (χ0v) is 20.8. The maximum Gasteiger partial charge on any atom is 0.410 e. The second kappa shape index (κ2) is 10.2. The van der Waals surface area contributed by atoms with Crippen LogP contribution in [0, 0.1) is 6.92 Å². The molecule has 1 fully saturated rings. The van der Waals surface area contributed by atoms with Crippen LogP contribution in [-0.4, -0.2) is 68.3 Å². The van der Waals surface area contributed by atoms with Crippen molar-refractivity contribution in [2.45, 2.75) is 46.3 Å². The molecule has 9 heteroatoms. The Morgan fingerprint density at radius 2 is 1.77 bits per heavy atom. The first-order valence-electron chi connectivity index (χ1n) is 11.8. The Bertz CT molecular complexity index is 1170. The minimum absolute atomic E-state index is 0.0387. The quantitative estimate of drug-likeness (QED) is 0.537. The predicted molar refractivity (Wildman–Crippen MR) is 133 cm³/mol. The molecule has 0 spiro atoms. The van der Waals surface area contributed by atoms with E-state index in [9.17, 15) is 9.59 Å². The second-order valence-electron chi connectivity index (χ2n) is 9.79. The lowest BCUT2D eigenvalue weighted by atomic mass is 10.1. The molecule has 9 nitrogen and oxygen atoms in total. The van der Waals surface area contributed by atoms with Crippen LogP contribution >= 0.6 is 0 Å². The summed E-state index contributed by atoms with van der Waals surface area (Å²) in [7, 11) is 0. The molecular formula is C26H32N6O3. The molecule has 0 N–H and O–H groups in total. The van der Waals surface area contributed by atoms with Crippen molar-refractivity contribution < 1.29 is 14.3 Å². The molecule has 0 saturated carbocycles. The Morgan fingerprint density at radius 1 is 1.00 bits per heavy atom. The summed E-state index contributed by atoms with van der Waals surface area (Å²) in [6.07, 6.45) is 7.17. The molecule has 1 saturated heterocycles. The largest absolute Gasteiger partial charge is 0.444 e. The molecule has 4 rings (SSSR count). The van der Waals surface area contributed by atoms with Crippen LogP contribution in [0.1, 0.15) is 32.2 Å². The number of ether oxygens (including phenoxy) is 1. The minimum atomic E-state index is -0.496. The van der Waals surface area contributed by atoms with E-state index in [1.807, 2.05) is 58.2 Å². The van der Waals surface area contributed by atoms with Crippen LogP contribution in [0.2, 0.25) is 0 Å². The van der Waals surface area contributed by atoms with Crippen LogP contribution in [-0.2, 0) is 22.5 Å². The fraction of sp³-hybridized carbons (Fsp3) is 0.423. The first kappa shape index (κ1) is 24.4. The van der Waals surface area contributed by atoms with Gasteiger partial charge in [-0.1, -0.05) is 0 Å². The summed E-state index contributed by atoms with van der Waals surface area (Å²) >= 11 is 0. The Balaban J connectivity index is 1.27. The summed E-state index contributed by atoms with van der Waals surface area (Å²) in [5.41, 5.74) is 4.13. The van der Waals surface area contributed by atoms with Gasteiger partial charge in [0, 0.05) is 55.5 Å². The highest BCUT2D eigenvalue weighted by Crippen LogP contribution is 2.19. The number of ketones is 1. The van der Waals surface area contributed by atoms with Crippen LogP contribution < -0.4 is 4.90 Å². The molecule has 184 valence electrons. The second-order valence-corrected chi connectivity index (χ2v) is 9.79. The van der Waals surface area contributed by atoms with E-state index < -0.39 is 5.60 Å². The highest BCUT2D eigenvalue weighted by Gasteiger charge is 2.26. The molecule has 0 atom stereocenters. The van der Waals surface area contributed by atoms with Crippen molar-refractivity contribution >= 4 is 17.6 Å². The highest BCUT2D eigenvalue weighted by atomic mass is 16.6. The average molecular weight is 477 g/mol. The molecule has 3 aromatic heterocycles. The van der Waals surface area contributed by atoms with Crippen LogP contribution in [0.25, 0.3) is 11.1 Å². The molecule has 0 bridgehead atoms. The third-order valence-corrected chi connectivity index (χ3v) is 5.69. The lowest BCUT2D eigenvalue weighted by Crippen LogP contribution is -2.50. The normalized spacial score (nSPS) is 14.2. The average Bonchev–Trinajstić information content (AvgIpc) is 3.27. The summed E-state index contributed by atoms with van der Waals surface area (Å²) in [4.78, 5) is 37.5. The number of Topliss-reactive ketones (excluding diaryl/α,β-unsaturated/α-hetero) is 1. The van der Waals surface area contributed by atoms with Crippen LogP contribution in [0.5, 0.6) is 0 Å². The van der Waals surface area contributed by atoms with Crippen LogP contribution in [0.15, 0.2) is 49.1 Å². The topological polar surface area (TPSA) is 93.5 Å². The zero-order chi connectivity index (χ0) is 25.0. The van der Waals surface area contributed by atoms with Crippen molar-refractivity contribution in [1.29, 1.82) is 0 Å². The van der Waals surface area contributed by atoms with Gasteiger partial charge in [0.15, 0.2) is 5.78 Å². The third-order valence-electron chi connectivity index (χ3n) is 5.69. The smallest absolute Gasteiger partial charge is 0.410 e. The lowest BCUT2D eigenvalue weighted by molar-refractivity contribution is -0.119. The number of rotatable bonds is 6. The summed E-state index contributed by atoms with van der Waals surface area (Å²) in [5.74, 6) is 0.0387. The number of aromatic nitrogens is 4. The van der Waals surface area contributed by atoms with Gasteiger partial charge in [-0.05, 0) is 57.5 Å². The van der Waals surface area contributed by atoms with Gasteiger partial charge in [-0.15, -0.1) is 0 Å². The van der Waals surface area contributed by atoms with E-state index in [-0.39, 0.29) is 24.8 Å². The number of carbonyl (C=O) groups is 2. The van der Waals surface area contributed by atoms with Crippen LogP contribution in [0.3, 0.4) is 0 Å². The van der Waals surface area contributed by atoms with Crippen LogP contribution in [0.4, 0.5) is 10.5 Å². The predicted octanol–water partition coefficient (Wildman–Crippen LogP) is 3.52. The number of aryl methyl sites for hydroxylation is 1. The Labute approximate surface area is 205 Å². The molecule has 0 unspecified atom stereocenters. The van der Waals surface area contributed by atoms with Gasteiger partial charge in [0.25, 0.3) is 0 Å². The standard InChI is InChI=1S/C26H32N6O3/c1-19-13-20(7-8-27-19)21-15-29-32(17-21)18-24(33)14-22-5-6-23(16-28-22)30-9-11-31(12-10-30)25(34)35-26(2,3)4/h5-8,13,15-17H,9-12,14,18H2,1-4H3. The maximum absolute atomic E-state index is 12.6. The number of nitrogens with zero attached hydrogens (tertiary/aromatic N) is 6. The number of hydrogen-bond acceptors (Lipinski definition) is 7. The van der Waals surface area contributed by atoms with E-state index in [0.717, 1.165) is 28.2 Å². The van der Waals surface area contributed by atoms with Crippen molar-refractivity contribution in [3.05, 3.63) is 60.4 Å². The molecule has 0 aromatic carbocycles. The van der Waals surface area contributed by atoms with E-state index in [1.54, 1.807) is 28.2 Å². The van der Waals surface area contributed by atoms with Gasteiger partial charge in [0.05, 0.1) is 31.0 Å². The number of carbonyl (C=O) groups excluding carboxylic acids is 2. The van der Waals surface area contributed by atoms with Gasteiger partial charge in [-0.25, -0.2) is 4.79 Å². The lowest BCUT2D eigenvalue weighted by Gasteiger charge is -2.36. The number of hydrogen-bond donors (Lipinski definition) is 0. The Kier molecular flexibility index (Phi) is 7.14. The molecule has 0 aliphatic carbocycles. The first-order valence-corrected chi connectivity index (χ1v) is 11.8. The van der Waals surface area contributed by atoms with Crippen molar-refractivity contribution in [2.24, 2.45) is 0 Å². The zero-order valence-electron chi connectivity index (χ0n) is 20.8. The summed E-state index contributed by atoms with van der Waals surface area (Å²) in [5, 5.41) is 4.33. The SMILES string of the molecule is Cc1cc(-c2cnn(CC(=O)Cc3ccc(N4CCN(C(=O)OC(C)(C)C)CC4)cn3)c2)ccn1. The molecule has 0 radical (unpaired) electrons. The fourth-order valence-electron chi connectivity index (χ4n) is 3.94. The van der Waals surface area contributed by atoms with E-state index >= 15 is 0 Å². The van der Waals surface area contributed by atoms with Gasteiger partial charge < -0.3 is 14.5 Å². The van der Waals surface area contributed by atoms with E-state index in [1.165, 1.54) is 0 Å². The summed E-state index contributed by atoms with van der Waals surface area (Å²) in [6.45, 7) is 10.4. The van der Waals surface area contributed by atoms with Gasteiger partial charge in [-0.2, -0.15) is 5.10 Å². The number of anilines is 1. The van der Waals surface area contributed by atoms with Crippen molar-refractivity contribution in [2.75, 3.05) is 31.1 Å². The third kappa shape index (κ3) is 6.65. The fourth-order valence-corrected chi connectivity index (χ4v) is 3.94. The number of piperazine rings is 1. The molecule has 1 amide bonds. The first-order chi connectivity index (χ1) is 16.7. The van der Waals surface area contributed by atoms with Gasteiger partial charge in [0.1, 0.15) is 5.60 Å². The molecular weight excluding hydrogens is 444 g/mol. The number of pyridine rings is 2. The van der Waals surface area contributed by atoms with Crippen molar-refractivity contribution in [1.82, 2.24) is 24.6 Å². The van der Waals surface area contributed by atoms with E-state index in [0.29, 0.717) is 26.2 Å². The Hall–Kier alpha value is -3.75. The molecule has 35 heavy (non-hydrogen) atoms. The van der Waals surface area contributed by atoms with E-state index in [4.69, 9.17) is 4.74 Å². The Morgan fingerprint density at radius 3 is 2.43 bits per heavy atom. The monoisotopic (exact) mass is 476 g/mol. The summed E-state index contributed by atoms with van der Waals surface area (Å²) in [6, 6.07) is 7.80. The molecule has 1 aliphatic heterocycles. The molecule has 3 aromatic rings.